The minimum Gasteiger partial charge on any atom is -0.348 e. The number of sulfonamides is 1. The van der Waals surface area contributed by atoms with Gasteiger partial charge in [-0.05, 0) is 49.1 Å². The molecule has 31 heavy (non-hydrogen) atoms. The average Bonchev–Trinajstić information content (AvgIpc) is 2.79. The van der Waals surface area contributed by atoms with E-state index in [9.17, 15) is 22.4 Å². The van der Waals surface area contributed by atoms with Gasteiger partial charge in [-0.3, -0.25) is 9.59 Å². The van der Waals surface area contributed by atoms with Crippen molar-refractivity contribution in [2.75, 3.05) is 13.1 Å². The average molecular weight is 448 g/mol. The number of hydrogen-bond donors (Lipinski definition) is 2. The second-order valence-electron chi connectivity index (χ2n) is 7.43. The van der Waals surface area contributed by atoms with Crippen LogP contribution in [0.5, 0.6) is 0 Å². The van der Waals surface area contributed by atoms with Crippen LogP contribution in [0.15, 0.2) is 59.5 Å². The molecule has 0 spiro atoms. The molecule has 7 nitrogen and oxygen atoms in total. The Labute approximate surface area is 181 Å². The molecule has 2 aromatic carbocycles. The van der Waals surface area contributed by atoms with E-state index < -0.39 is 21.8 Å². The van der Waals surface area contributed by atoms with Crippen molar-refractivity contribution in [2.45, 2.75) is 43.2 Å². The van der Waals surface area contributed by atoms with Crippen LogP contribution in [0, 0.1) is 5.82 Å². The maximum Gasteiger partial charge on any atom is 0.309 e. The standard InChI is InChI=1S/C22H26FN3O4S/c23-18-11-9-17(10-12-18)16-25-22(28)21(27)24-14-13-19-6-4-5-15-26(19)31(29,30)20-7-2-1-3-8-20/h1-3,7-12,19H,4-6,13-16H2,(H,24,27)(H,25,28)/t19-/m0/s1. The van der Waals surface area contributed by atoms with E-state index in [1.54, 1.807) is 30.3 Å². The molecular weight excluding hydrogens is 421 g/mol. The highest BCUT2D eigenvalue weighted by atomic mass is 32.2. The fraction of sp³-hybridized carbons (Fsp3) is 0.364. The van der Waals surface area contributed by atoms with Gasteiger partial charge in [0.25, 0.3) is 0 Å². The summed E-state index contributed by atoms with van der Waals surface area (Å²) in [6.07, 6.45) is 2.83. The van der Waals surface area contributed by atoms with E-state index in [1.807, 2.05) is 0 Å². The number of halogens is 1. The second-order valence-corrected chi connectivity index (χ2v) is 9.32. The van der Waals surface area contributed by atoms with Gasteiger partial charge in [-0.15, -0.1) is 0 Å². The fourth-order valence-corrected chi connectivity index (χ4v) is 5.35. The lowest BCUT2D eigenvalue weighted by atomic mass is 10.0. The van der Waals surface area contributed by atoms with Gasteiger partial charge in [-0.1, -0.05) is 36.8 Å². The SMILES string of the molecule is O=C(NCC[C@@H]1CCCCN1S(=O)(=O)c1ccccc1)C(=O)NCc1ccc(F)cc1. The highest BCUT2D eigenvalue weighted by Gasteiger charge is 2.33. The van der Waals surface area contributed by atoms with Gasteiger partial charge in [0.1, 0.15) is 5.82 Å². The van der Waals surface area contributed by atoms with E-state index in [2.05, 4.69) is 10.6 Å². The number of amides is 2. The summed E-state index contributed by atoms with van der Waals surface area (Å²) < 4.78 is 40.4. The Hall–Kier alpha value is -2.78. The molecule has 1 heterocycles. The highest BCUT2D eigenvalue weighted by Crippen LogP contribution is 2.26. The predicted molar refractivity (Wildman–Crippen MR) is 114 cm³/mol. The van der Waals surface area contributed by atoms with Crippen LogP contribution in [0.3, 0.4) is 0 Å². The minimum atomic E-state index is -3.61. The second kappa shape index (κ2) is 10.5. The van der Waals surface area contributed by atoms with Gasteiger partial charge in [-0.25, -0.2) is 12.8 Å². The lowest BCUT2D eigenvalue weighted by Crippen LogP contribution is -2.46. The Morgan fingerprint density at radius 2 is 1.65 bits per heavy atom. The Bertz CT molecular complexity index is 997. The Morgan fingerprint density at radius 1 is 0.968 bits per heavy atom. The Kier molecular flexibility index (Phi) is 7.75. The van der Waals surface area contributed by atoms with Crippen molar-refractivity contribution in [3.05, 3.63) is 66.0 Å². The number of carbonyl (C=O) groups excluding carboxylic acids is 2. The monoisotopic (exact) mass is 447 g/mol. The molecule has 1 fully saturated rings. The first-order chi connectivity index (χ1) is 14.9. The number of carbonyl (C=O) groups is 2. The molecule has 9 heteroatoms. The molecule has 2 aromatic rings. The summed E-state index contributed by atoms with van der Waals surface area (Å²) in [5.74, 6) is -1.95. The number of rotatable bonds is 7. The summed E-state index contributed by atoms with van der Waals surface area (Å²) >= 11 is 0. The highest BCUT2D eigenvalue weighted by molar-refractivity contribution is 7.89. The van der Waals surface area contributed by atoms with Gasteiger partial charge >= 0.3 is 11.8 Å². The van der Waals surface area contributed by atoms with Gasteiger partial charge in [0.2, 0.25) is 10.0 Å². The van der Waals surface area contributed by atoms with E-state index in [0.717, 1.165) is 12.8 Å². The molecule has 0 saturated carbocycles. The van der Waals surface area contributed by atoms with E-state index in [1.165, 1.54) is 28.6 Å². The summed E-state index contributed by atoms with van der Waals surface area (Å²) in [5, 5.41) is 5.04. The molecule has 1 aliphatic rings. The summed E-state index contributed by atoms with van der Waals surface area (Å²) in [6.45, 7) is 0.737. The number of nitrogens with zero attached hydrogens (tertiary/aromatic N) is 1. The molecule has 0 aromatic heterocycles. The van der Waals surface area contributed by atoms with Crippen LogP contribution in [0.2, 0.25) is 0 Å². The fourth-order valence-electron chi connectivity index (χ4n) is 3.60. The third-order valence-electron chi connectivity index (χ3n) is 5.26. The summed E-state index contributed by atoms with van der Waals surface area (Å²) in [4.78, 5) is 24.3. The number of benzene rings is 2. The third-order valence-corrected chi connectivity index (χ3v) is 7.22. The van der Waals surface area contributed by atoms with E-state index in [0.29, 0.717) is 24.9 Å². The molecular formula is C22H26FN3O4S. The molecule has 166 valence electrons. The molecule has 1 atom stereocenters. The van der Waals surface area contributed by atoms with Crippen molar-refractivity contribution in [1.29, 1.82) is 0 Å². The third kappa shape index (κ3) is 6.11. The predicted octanol–water partition coefficient (Wildman–Crippen LogP) is 2.19. The minimum absolute atomic E-state index is 0.109. The molecule has 2 N–H and O–H groups in total. The van der Waals surface area contributed by atoms with Crippen LogP contribution in [-0.2, 0) is 26.2 Å². The zero-order chi connectivity index (χ0) is 22.3. The maximum atomic E-state index is 13.0. The molecule has 1 saturated heterocycles. The van der Waals surface area contributed by atoms with Crippen molar-refractivity contribution in [2.24, 2.45) is 0 Å². The van der Waals surface area contributed by atoms with Gasteiger partial charge in [0, 0.05) is 25.7 Å². The summed E-state index contributed by atoms with van der Waals surface area (Å²) in [5.41, 5.74) is 0.673. The Balaban J connectivity index is 1.50. The molecule has 0 aliphatic carbocycles. The first-order valence-electron chi connectivity index (χ1n) is 10.3. The molecule has 1 aliphatic heterocycles. The van der Waals surface area contributed by atoms with Crippen LogP contribution < -0.4 is 10.6 Å². The van der Waals surface area contributed by atoms with E-state index in [-0.39, 0.29) is 29.8 Å². The molecule has 0 bridgehead atoms. The van der Waals surface area contributed by atoms with Crippen LogP contribution in [-0.4, -0.2) is 43.7 Å². The van der Waals surface area contributed by atoms with Gasteiger partial charge in [0.15, 0.2) is 0 Å². The van der Waals surface area contributed by atoms with Crippen LogP contribution in [0.4, 0.5) is 4.39 Å². The number of nitrogens with one attached hydrogen (secondary N) is 2. The largest absolute Gasteiger partial charge is 0.348 e. The zero-order valence-electron chi connectivity index (χ0n) is 17.1. The van der Waals surface area contributed by atoms with Crippen LogP contribution in [0.25, 0.3) is 0 Å². The lowest BCUT2D eigenvalue weighted by molar-refractivity contribution is -0.139. The Morgan fingerprint density at radius 3 is 2.35 bits per heavy atom. The van der Waals surface area contributed by atoms with Crippen LogP contribution in [0.1, 0.15) is 31.2 Å². The van der Waals surface area contributed by atoms with Crippen molar-refractivity contribution < 1.29 is 22.4 Å². The van der Waals surface area contributed by atoms with Gasteiger partial charge in [-0.2, -0.15) is 4.31 Å². The maximum absolute atomic E-state index is 13.0. The summed E-state index contributed by atoms with van der Waals surface area (Å²) in [6, 6.07) is 13.7. The van der Waals surface area contributed by atoms with Gasteiger partial charge < -0.3 is 10.6 Å². The van der Waals surface area contributed by atoms with Crippen molar-refractivity contribution >= 4 is 21.8 Å². The summed E-state index contributed by atoms with van der Waals surface area (Å²) in [7, 11) is -3.61. The quantitative estimate of drug-likeness (QED) is 0.636. The zero-order valence-corrected chi connectivity index (χ0v) is 17.9. The van der Waals surface area contributed by atoms with E-state index in [4.69, 9.17) is 0 Å². The number of piperidine rings is 1. The molecule has 0 unspecified atom stereocenters. The number of hydrogen-bond acceptors (Lipinski definition) is 4. The normalized spacial score (nSPS) is 17.1. The van der Waals surface area contributed by atoms with E-state index >= 15 is 0 Å². The topological polar surface area (TPSA) is 95.6 Å². The van der Waals surface area contributed by atoms with Crippen molar-refractivity contribution in [1.82, 2.24) is 14.9 Å². The van der Waals surface area contributed by atoms with Gasteiger partial charge in [0.05, 0.1) is 4.90 Å². The molecule has 3 rings (SSSR count). The molecule has 0 radical (unpaired) electrons. The first kappa shape index (κ1) is 22.9. The molecule has 2 amide bonds. The van der Waals surface area contributed by atoms with Crippen molar-refractivity contribution in [3.63, 3.8) is 0 Å². The van der Waals surface area contributed by atoms with Crippen LogP contribution >= 0.6 is 0 Å². The lowest BCUT2D eigenvalue weighted by Gasteiger charge is -2.34. The van der Waals surface area contributed by atoms with Crippen molar-refractivity contribution in [3.8, 4) is 0 Å². The first-order valence-corrected chi connectivity index (χ1v) is 11.7. The smallest absolute Gasteiger partial charge is 0.309 e.